The van der Waals surface area contributed by atoms with Gasteiger partial charge in [0.15, 0.2) is 5.65 Å². The van der Waals surface area contributed by atoms with Crippen LogP contribution in [-0.4, -0.2) is 31.9 Å². The number of anilines is 1. The summed E-state index contributed by atoms with van der Waals surface area (Å²) in [7, 11) is 1.81. The van der Waals surface area contributed by atoms with E-state index in [4.69, 9.17) is 0 Å². The predicted octanol–water partition coefficient (Wildman–Crippen LogP) is 2.66. The normalized spacial score (nSPS) is 22.4. The van der Waals surface area contributed by atoms with Crippen LogP contribution >= 0.6 is 0 Å². The molecular formula is C15H20N4O2. The Morgan fingerprint density at radius 3 is 2.95 bits per heavy atom. The summed E-state index contributed by atoms with van der Waals surface area (Å²) in [4.78, 5) is 15.7. The van der Waals surface area contributed by atoms with E-state index in [1.165, 1.54) is 19.0 Å². The molecule has 1 saturated carbocycles. The van der Waals surface area contributed by atoms with Crippen LogP contribution < -0.4 is 5.32 Å². The molecule has 0 aliphatic heterocycles. The van der Waals surface area contributed by atoms with Crippen molar-refractivity contribution < 1.29 is 9.90 Å². The van der Waals surface area contributed by atoms with E-state index >= 15 is 0 Å². The number of carboxylic acid groups (broad SMARTS) is 1. The highest BCUT2D eigenvalue weighted by Gasteiger charge is 2.23. The van der Waals surface area contributed by atoms with E-state index in [0.29, 0.717) is 23.3 Å². The van der Waals surface area contributed by atoms with E-state index in [2.05, 4.69) is 22.3 Å². The van der Waals surface area contributed by atoms with Crippen molar-refractivity contribution >= 4 is 22.7 Å². The Labute approximate surface area is 123 Å². The first-order chi connectivity index (χ1) is 10.1. The number of fused-ring (bicyclic) bond motifs is 1. The zero-order valence-corrected chi connectivity index (χ0v) is 12.3. The first kappa shape index (κ1) is 13.9. The summed E-state index contributed by atoms with van der Waals surface area (Å²) in [6.45, 7) is 2.25. The molecule has 2 aromatic rings. The molecule has 2 unspecified atom stereocenters. The summed E-state index contributed by atoms with van der Waals surface area (Å²) in [5.74, 6) is -0.282. The zero-order chi connectivity index (χ0) is 15.0. The smallest absolute Gasteiger partial charge is 0.339 e. The third kappa shape index (κ3) is 2.57. The number of hydrogen-bond donors (Lipinski definition) is 2. The van der Waals surface area contributed by atoms with Crippen LogP contribution in [-0.2, 0) is 7.05 Å². The molecule has 112 valence electrons. The number of carbonyl (C=O) groups is 1. The molecule has 3 rings (SSSR count). The molecule has 1 aliphatic carbocycles. The maximum atomic E-state index is 11.5. The van der Waals surface area contributed by atoms with Gasteiger partial charge in [0, 0.05) is 19.3 Å². The van der Waals surface area contributed by atoms with Crippen molar-refractivity contribution in [1.29, 1.82) is 0 Å². The molecule has 1 aliphatic rings. The van der Waals surface area contributed by atoms with Gasteiger partial charge in [-0.2, -0.15) is 5.10 Å². The Morgan fingerprint density at radius 1 is 1.43 bits per heavy atom. The number of carboxylic acids is 1. The highest BCUT2D eigenvalue weighted by atomic mass is 16.4. The fourth-order valence-electron chi connectivity index (χ4n) is 3.18. The van der Waals surface area contributed by atoms with Crippen LogP contribution in [0.3, 0.4) is 0 Å². The highest BCUT2D eigenvalue weighted by Crippen LogP contribution is 2.31. The summed E-state index contributed by atoms with van der Waals surface area (Å²) in [5, 5.41) is 17.8. The van der Waals surface area contributed by atoms with E-state index in [0.717, 1.165) is 18.2 Å². The molecule has 1 fully saturated rings. The van der Waals surface area contributed by atoms with Crippen molar-refractivity contribution in [1.82, 2.24) is 14.8 Å². The van der Waals surface area contributed by atoms with Gasteiger partial charge in [-0.15, -0.1) is 0 Å². The second kappa shape index (κ2) is 5.35. The third-order valence-electron chi connectivity index (χ3n) is 4.28. The SMILES string of the molecule is CC1CCCC(Nc2c(C(=O)O)cnc3c2cnn3C)C1. The van der Waals surface area contributed by atoms with Crippen LogP contribution in [0.5, 0.6) is 0 Å². The lowest BCUT2D eigenvalue weighted by atomic mass is 9.87. The number of nitrogens with one attached hydrogen (secondary N) is 1. The van der Waals surface area contributed by atoms with Crippen LogP contribution in [0.4, 0.5) is 5.69 Å². The molecule has 0 bridgehead atoms. The summed E-state index contributed by atoms with van der Waals surface area (Å²) in [5.41, 5.74) is 1.57. The highest BCUT2D eigenvalue weighted by molar-refractivity contribution is 6.03. The van der Waals surface area contributed by atoms with Gasteiger partial charge in [-0.05, 0) is 18.8 Å². The van der Waals surface area contributed by atoms with Gasteiger partial charge >= 0.3 is 5.97 Å². The molecule has 0 aromatic carbocycles. The summed E-state index contributed by atoms with van der Waals surface area (Å²) in [6.07, 6.45) is 7.69. The topological polar surface area (TPSA) is 80.0 Å². The van der Waals surface area contributed by atoms with Crippen molar-refractivity contribution in [3.8, 4) is 0 Å². The number of nitrogens with zero attached hydrogens (tertiary/aromatic N) is 3. The summed E-state index contributed by atoms with van der Waals surface area (Å²) in [6, 6.07) is 0.317. The average Bonchev–Trinajstić information content (AvgIpc) is 2.81. The van der Waals surface area contributed by atoms with Crippen LogP contribution in [0, 0.1) is 5.92 Å². The molecule has 2 atom stereocenters. The Hall–Kier alpha value is -2.11. The van der Waals surface area contributed by atoms with Crippen molar-refractivity contribution in [2.24, 2.45) is 13.0 Å². The standard InChI is InChI=1S/C15H20N4O2/c1-9-4-3-5-10(6-9)18-13-11-8-17-19(2)14(11)16-7-12(13)15(20)21/h7-10H,3-6H2,1-2H3,(H,16,18)(H,20,21). The monoisotopic (exact) mass is 288 g/mol. The Balaban J connectivity index is 2.01. The van der Waals surface area contributed by atoms with Gasteiger partial charge in [-0.3, -0.25) is 4.68 Å². The second-order valence-electron chi connectivity index (χ2n) is 5.97. The van der Waals surface area contributed by atoms with Gasteiger partial charge in [0.05, 0.1) is 17.3 Å². The number of aromatic nitrogens is 3. The van der Waals surface area contributed by atoms with Crippen LogP contribution in [0.25, 0.3) is 11.0 Å². The minimum atomic E-state index is -0.959. The lowest BCUT2D eigenvalue weighted by Crippen LogP contribution is -2.27. The van der Waals surface area contributed by atoms with Crippen LogP contribution in [0.1, 0.15) is 43.0 Å². The third-order valence-corrected chi connectivity index (χ3v) is 4.28. The summed E-state index contributed by atoms with van der Waals surface area (Å²) >= 11 is 0. The van der Waals surface area contributed by atoms with Crippen molar-refractivity contribution in [2.75, 3.05) is 5.32 Å². The van der Waals surface area contributed by atoms with Gasteiger partial charge in [0.2, 0.25) is 0 Å². The molecule has 0 spiro atoms. The Bertz CT molecular complexity index is 680. The molecule has 21 heavy (non-hydrogen) atoms. The van der Waals surface area contributed by atoms with Gasteiger partial charge < -0.3 is 10.4 Å². The van der Waals surface area contributed by atoms with E-state index in [1.807, 2.05) is 7.05 Å². The van der Waals surface area contributed by atoms with Gasteiger partial charge in [0.25, 0.3) is 0 Å². The molecule has 2 heterocycles. The minimum absolute atomic E-state index is 0.216. The van der Waals surface area contributed by atoms with Crippen LogP contribution in [0.15, 0.2) is 12.4 Å². The molecular weight excluding hydrogens is 268 g/mol. The van der Waals surface area contributed by atoms with Crippen LogP contribution in [0.2, 0.25) is 0 Å². The lowest BCUT2D eigenvalue weighted by molar-refractivity contribution is 0.0697. The van der Waals surface area contributed by atoms with E-state index in [9.17, 15) is 9.90 Å². The second-order valence-corrected chi connectivity index (χ2v) is 5.97. The van der Waals surface area contributed by atoms with E-state index in [1.54, 1.807) is 10.9 Å². The lowest BCUT2D eigenvalue weighted by Gasteiger charge is -2.29. The number of aromatic carboxylic acids is 1. The van der Waals surface area contributed by atoms with Crippen molar-refractivity contribution in [2.45, 2.75) is 38.6 Å². The number of pyridine rings is 1. The fraction of sp³-hybridized carbons (Fsp3) is 0.533. The average molecular weight is 288 g/mol. The zero-order valence-electron chi connectivity index (χ0n) is 12.3. The molecule has 0 amide bonds. The molecule has 6 heteroatoms. The Kier molecular flexibility index (Phi) is 3.53. The van der Waals surface area contributed by atoms with E-state index in [-0.39, 0.29) is 5.56 Å². The molecule has 0 saturated heterocycles. The quantitative estimate of drug-likeness (QED) is 0.907. The molecule has 0 radical (unpaired) electrons. The number of rotatable bonds is 3. The van der Waals surface area contributed by atoms with Gasteiger partial charge in [0.1, 0.15) is 5.56 Å². The van der Waals surface area contributed by atoms with Crippen molar-refractivity contribution in [3.05, 3.63) is 18.0 Å². The first-order valence-electron chi connectivity index (χ1n) is 7.36. The molecule has 6 nitrogen and oxygen atoms in total. The predicted molar refractivity (Wildman–Crippen MR) is 80.5 cm³/mol. The van der Waals surface area contributed by atoms with E-state index < -0.39 is 5.97 Å². The largest absolute Gasteiger partial charge is 0.478 e. The molecule has 2 N–H and O–H groups in total. The maximum absolute atomic E-state index is 11.5. The number of aryl methyl sites for hydroxylation is 1. The van der Waals surface area contributed by atoms with Crippen molar-refractivity contribution in [3.63, 3.8) is 0 Å². The fourth-order valence-corrected chi connectivity index (χ4v) is 3.18. The van der Waals surface area contributed by atoms with Gasteiger partial charge in [-0.25, -0.2) is 9.78 Å². The summed E-state index contributed by atoms with van der Waals surface area (Å²) < 4.78 is 1.66. The first-order valence-corrected chi connectivity index (χ1v) is 7.36. The molecule has 2 aromatic heterocycles. The Morgan fingerprint density at radius 2 is 2.24 bits per heavy atom. The van der Waals surface area contributed by atoms with Gasteiger partial charge in [-0.1, -0.05) is 19.8 Å². The maximum Gasteiger partial charge on any atom is 0.339 e. The minimum Gasteiger partial charge on any atom is -0.478 e. The number of hydrogen-bond acceptors (Lipinski definition) is 4.